The number of carbonyl (C=O) groups is 1. The topological polar surface area (TPSA) is 151 Å². The Morgan fingerprint density at radius 1 is 0.964 bits per heavy atom. The van der Waals surface area contributed by atoms with E-state index in [9.17, 15) is 9.90 Å². The number of ketones is 1. The molecule has 0 spiro atoms. The van der Waals surface area contributed by atoms with Crippen LogP contribution in [0.5, 0.6) is 34.5 Å². The Labute approximate surface area is 180 Å². The minimum atomic E-state index is -0.931. The molecule has 0 bridgehead atoms. The summed E-state index contributed by atoms with van der Waals surface area (Å²) in [6.45, 7) is -0.0631. The van der Waals surface area contributed by atoms with E-state index in [0.717, 1.165) is 24.3 Å². The molecule has 0 unspecified atom stereocenters. The fraction of sp³-hybridized carbons (Fsp3) is 0.125. The van der Waals surface area contributed by atoms with Crippen LogP contribution in [0.3, 0.4) is 0 Å². The van der Waals surface area contributed by atoms with E-state index in [1.807, 2.05) is 0 Å². The van der Waals surface area contributed by atoms with Crippen molar-refractivity contribution in [3.05, 3.63) is 35.9 Å². The first-order valence-corrected chi connectivity index (χ1v) is 15.5. The minimum absolute atomic E-state index is 0.0631. The number of phenolic OH excluding ortho intramolecular Hbond substituents is 5. The van der Waals surface area contributed by atoms with Crippen molar-refractivity contribution in [2.45, 2.75) is 0 Å². The zero-order valence-corrected chi connectivity index (χ0v) is 19.4. The Balaban J connectivity index is 0.000000403. The summed E-state index contributed by atoms with van der Waals surface area (Å²) >= 11 is 3.89. The quantitative estimate of drug-likeness (QED) is 0.270. The number of hydrogen-bond donors (Lipinski definition) is 5. The number of fused-ring (bicyclic) bond motifs is 1. The molecule has 0 atom stereocenters. The predicted octanol–water partition coefficient (Wildman–Crippen LogP) is 3.60. The Morgan fingerprint density at radius 2 is 1.36 bits per heavy atom. The van der Waals surface area contributed by atoms with E-state index in [1.165, 1.54) is 6.07 Å². The molecule has 0 aliphatic carbocycles. The number of ether oxygens (including phenoxy) is 1. The van der Waals surface area contributed by atoms with Crippen molar-refractivity contribution in [3.8, 4) is 40.6 Å². The number of Topliss-reactive ketones (excluding diaryl/α,β-unsaturated/α-hetero) is 1. The van der Waals surface area contributed by atoms with Crippen molar-refractivity contribution >= 4 is 36.8 Å². The Kier molecular flexibility index (Phi) is 12.9. The first-order valence-electron chi connectivity index (χ1n) is 7.18. The van der Waals surface area contributed by atoms with Crippen molar-refractivity contribution in [2.24, 2.45) is 0 Å². The van der Waals surface area contributed by atoms with Gasteiger partial charge in [0.15, 0.2) is 6.61 Å². The fourth-order valence-electron chi connectivity index (χ4n) is 1.78. The number of phenols is 5. The second-order valence-corrected chi connectivity index (χ2v) is 9.54. The van der Waals surface area contributed by atoms with Gasteiger partial charge in [0.2, 0.25) is 5.78 Å². The van der Waals surface area contributed by atoms with Gasteiger partial charge in [0.05, 0.1) is 6.07 Å². The third-order valence-corrected chi connectivity index (χ3v) is 2.77. The van der Waals surface area contributed by atoms with Crippen LogP contribution in [0, 0.1) is 11.3 Å². The second-order valence-electron chi connectivity index (χ2n) is 4.65. The van der Waals surface area contributed by atoms with E-state index < -0.39 is 15.1 Å². The molecular weight excluding hydrogens is 490 g/mol. The van der Waals surface area contributed by atoms with E-state index in [4.69, 9.17) is 61.4 Å². The Hall–Kier alpha value is -2.11. The molecule has 3 rings (SSSR count). The average molecular weight is 504 g/mol. The van der Waals surface area contributed by atoms with Crippen LogP contribution in [0.2, 0.25) is 0 Å². The normalized spacial score (nSPS) is 10.1. The van der Waals surface area contributed by atoms with Gasteiger partial charge >= 0.3 is 34.5 Å². The van der Waals surface area contributed by atoms with Crippen LogP contribution in [-0.2, 0) is 15.1 Å². The van der Waals surface area contributed by atoms with Crippen LogP contribution < -0.4 is 4.74 Å². The maximum absolute atomic E-state index is 11.0. The van der Waals surface area contributed by atoms with Crippen molar-refractivity contribution in [1.29, 1.82) is 5.26 Å². The summed E-state index contributed by atoms with van der Waals surface area (Å²) in [5.41, 5.74) is 0.160. The van der Waals surface area contributed by atoms with Crippen molar-refractivity contribution < 1.29 is 50.2 Å². The molecule has 0 fully saturated rings. The van der Waals surface area contributed by atoms with E-state index >= 15 is 0 Å². The van der Waals surface area contributed by atoms with Crippen LogP contribution in [0.15, 0.2) is 30.3 Å². The zero-order valence-electron chi connectivity index (χ0n) is 14.1. The molecule has 12 heteroatoms. The fourth-order valence-corrected chi connectivity index (χ4v) is 1.78. The Morgan fingerprint density at radius 3 is 1.75 bits per heavy atom. The summed E-state index contributed by atoms with van der Waals surface area (Å²) in [5.74, 6) is -0.694. The average Bonchev–Trinajstić information content (AvgIpc) is 2.96. The summed E-state index contributed by atoms with van der Waals surface area (Å²) in [6, 6.07) is 7.53. The second kappa shape index (κ2) is 14.0. The molecule has 28 heavy (non-hydrogen) atoms. The summed E-state index contributed by atoms with van der Waals surface area (Å²) in [4.78, 5) is 11.0. The van der Waals surface area contributed by atoms with Gasteiger partial charge in [0.1, 0.15) is 45.9 Å². The molecular formula is C16H14Cl3NO7Zn. The Bertz CT molecular complexity index is 780. The van der Waals surface area contributed by atoms with Gasteiger partial charge < -0.3 is 30.3 Å². The number of carbonyl (C=O) groups excluding carboxylic acids is 1. The SMILES string of the molecule is N#CCCl.O=C1COc2cc(O)cc(O)c21.Oc1cc(O)cc(O)c1.[Cl][Zn][Cl]. The molecule has 1 heterocycles. The molecule has 0 saturated carbocycles. The number of nitrogens with zero attached hydrogens (tertiary/aromatic N) is 1. The zero-order chi connectivity index (χ0) is 21.7. The number of aromatic hydroxyl groups is 5. The summed E-state index contributed by atoms with van der Waals surface area (Å²) in [7, 11) is 9.90. The van der Waals surface area contributed by atoms with Gasteiger partial charge in [-0.05, 0) is 0 Å². The maximum atomic E-state index is 11.0. The number of rotatable bonds is 0. The molecule has 0 radical (unpaired) electrons. The summed E-state index contributed by atoms with van der Waals surface area (Å²) < 4.78 is 4.90. The van der Waals surface area contributed by atoms with E-state index in [-0.39, 0.29) is 58.3 Å². The molecule has 1 aliphatic rings. The number of hydrogen-bond acceptors (Lipinski definition) is 8. The van der Waals surface area contributed by atoms with Crippen molar-refractivity contribution in [3.63, 3.8) is 0 Å². The van der Waals surface area contributed by atoms with Crippen LogP contribution in [0.1, 0.15) is 10.4 Å². The molecule has 1 aliphatic heterocycles. The van der Waals surface area contributed by atoms with Crippen LogP contribution in [-0.4, -0.2) is 43.8 Å². The van der Waals surface area contributed by atoms with Crippen molar-refractivity contribution in [1.82, 2.24) is 0 Å². The monoisotopic (exact) mass is 501 g/mol. The van der Waals surface area contributed by atoms with Crippen LogP contribution >= 0.6 is 31.0 Å². The van der Waals surface area contributed by atoms with Crippen molar-refractivity contribution in [2.75, 3.05) is 12.5 Å². The molecule has 148 valence electrons. The van der Waals surface area contributed by atoms with Gasteiger partial charge in [0.25, 0.3) is 0 Å². The third kappa shape index (κ3) is 9.72. The molecule has 5 N–H and O–H groups in total. The van der Waals surface area contributed by atoms with Gasteiger partial charge in [-0.3, -0.25) is 4.79 Å². The predicted molar refractivity (Wildman–Crippen MR) is 99.1 cm³/mol. The van der Waals surface area contributed by atoms with Gasteiger partial charge in [-0.25, -0.2) is 0 Å². The first-order chi connectivity index (χ1) is 13.2. The summed E-state index contributed by atoms with van der Waals surface area (Å²) in [6.07, 6.45) is 0. The molecule has 2 aromatic rings. The van der Waals surface area contributed by atoms with E-state index in [2.05, 4.69) is 0 Å². The molecule has 2 aromatic carbocycles. The summed E-state index contributed by atoms with van der Waals surface area (Å²) in [5, 5.41) is 51.7. The van der Waals surface area contributed by atoms with Gasteiger partial charge in [0, 0.05) is 30.3 Å². The number of nitriles is 1. The van der Waals surface area contributed by atoms with Crippen LogP contribution in [0.4, 0.5) is 0 Å². The molecule has 8 nitrogen and oxygen atoms in total. The number of halogens is 3. The molecule has 0 aromatic heterocycles. The number of benzene rings is 2. The first kappa shape index (κ1) is 25.9. The molecule has 0 amide bonds. The van der Waals surface area contributed by atoms with E-state index in [1.54, 1.807) is 6.07 Å². The number of alkyl halides is 1. The standard InChI is InChI=1S/C8H6O4.C6H6O3.C2H2ClN.2ClH.Zn/c9-4-1-5(10)8-6(11)3-12-7(8)2-4;7-4-1-5(8)3-6(9)2-4;3-1-2-4;;;/h1-2,9-10H,3H2;1-3,7-9H;1H2;2*1H;/q;;;;;+2/p-2. The molecule has 0 saturated heterocycles. The third-order valence-electron chi connectivity index (χ3n) is 2.65. The van der Waals surface area contributed by atoms with Gasteiger partial charge in [-0.1, -0.05) is 0 Å². The van der Waals surface area contributed by atoms with Gasteiger partial charge in [-0.2, -0.15) is 5.26 Å². The van der Waals surface area contributed by atoms with Gasteiger partial charge in [-0.15, -0.1) is 11.6 Å². The van der Waals surface area contributed by atoms with E-state index in [0.29, 0.717) is 0 Å². The van der Waals surface area contributed by atoms with Crippen LogP contribution in [0.25, 0.3) is 0 Å².